The number of nitrogens with zero attached hydrogens (tertiary/aromatic N) is 9. The van der Waals surface area contributed by atoms with E-state index >= 15 is 0 Å². The number of sulfonamides is 3. The van der Waals surface area contributed by atoms with Crippen LogP contribution in [0.5, 0.6) is 11.5 Å². The molecule has 0 aliphatic carbocycles. The summed E-state index contributed by atoms with van der Waals surface area (Å²) in [4.78, 5) is 48.4. The minimum absolute atomic E-state index is 0.256. The highest BCUT2D eigenvalue weighted by Gasteiger charge is 2.24. The van der Waals surface area contributed by atoms with E-state index in [1.54, 1.807) is 73.6 Å². The number of benzene rings is 2. The fourth-order valence-electron chi connectivity index (χ4n) is 8.52. The third-order valence-corrected chi connectivity index (χ3v) is 17.2. The number of aryl methyl sites for hydroxylation is 3. The van der Waals surface area contributed by atoms with Crippen molar-refractivity contribution >= 4 is 111 Å². The van der Waals surface area contributed by atoms with E-state index in [1.807, 2.05) is 75.4 Å². The van der Waals surface area contributed by atoms with E-state index < -0.39 is 30.1 Å². The number of fused-ring (bicyclic) bond motifs is 2. The van der Waals surface area contributed by atoms with E-state index in [2.05, 4.69) is 56.5 Å². The molecule has 8 heterocycles. The van der Waals surface area contributed by atoms with Gasteiger partial charge in [0.15, 0.2) is 0 Å². The Morgan fingerprint density at radius 3 is 1.16 bits per heavy atom. The largest absolute Gasteiger partial charge is 0.426 e. The minimum atomic E-state index is -3.43. The van der Waals surface area contributed by atoms with Crippen LogP contribution in [0.4, 0.5) is 57.5 Å². The van der Waals surface area contributed by atoms with E-state index in [0.29, 0.717) is 65.4 Å². The zero-order chi connectivity index (χ0) is 62.1. The lowest BCUT2D eigenvalue weighted by Crippen LogP contribution is -2.27. The molecule has 0 amide bonds. The Labute approximate surface area is 504 Å². The van der Waals surface area contributed by atoms with Crippen LogP contribution in [0, 0.1) is 20.8 Å². The number of anilines is 10. The Morgan fingerprint density at radius 1 is 0.477 bits per heavy atom. The lowest BCUT2D eigenvalue weighted by Gasteiger charge is -2.19. The van der Waals surface area contributed by atoms with Gasteiger partial charge < -0.3 is 36.1 Å². The average Bonchev–Trinajstić information content (AvgIpc) is 3.63. The second-order valence-electron chi connectivity index (χ2n) is 20.0. The van der Waals surface area contributed by atoms with Crippen LogP contribution in [0.2, 0.25) is 5.15 Å². The van der Waals surface area contributed by atoms with Crippen LogP contribution in [-0.2, 0) is 72.1 Å². The van der Waals surface area contributed by atoms with Gasteiger partial charge in [0.05, 0.1) is 31.6 Å². The van der Waals surface area contributed by atoms with Gasteiger partial charge >= 0.3 is 11.9 Å². The molecule has 0 fully saturated rings. The van der Waals surface area contributed by atoms with Crippen molar-refractivity contribution in [1.82, 2.24) is 29.9 Å². The molecule has 0 bridgehead atoms. The molecule has 2 aromatic carbocycles. The molecule has 0 saturated carbocycles. The number of hydrogen-bond donors (Lipinski definition) is 5. The predicted molar refractivity (Wildman–Crippen MR) is 334 cm³/mol. The van der Waals surface area contributed by atoms with Gasteiger partial charge in [-0.15, -0.1) is 0 Å². The Kier molecular flexibility index (Phi) is 19.6. The molecular formula is C58H63ClN14O10S3. The predicted octanol–water partition coefficient (Wildman–Crippen LogP) is 8.44. The van der Waals surface area contributed by atoms with Crippen molar-refractivity contribution in [3.63, 3.8) is 0 Å². The molecule has 0 unspecified atom stereocenters. The summed E-state index contributed by atoms with van der Waals surface area (Å²) in [7, 11) is -5.77. The van der Waals surface area contributed by atoms with E-state index in [9.17, 15) is 34.8 Å². The fraction of sp³-hybridized carbons (Fsp3) is 0.241. The number of rotatable bonds is 19. The molecule has 5 N–H and O–H groups in total. The number of esters is 2. The molecule has 2 aliphatic heterocycles. The molecule has 0 radical (unpaired) electrons. The molecule has 0 atom stereocenters. The maximum Gasteiger partial charge on any atom is 0.315 e. The Balaban J connectivity index is 0.000000171. The highest BCUT2D eigenvalue weighted by molar-refractivity contribution is 7.92. The maximum atomic E-state index is 11.9. The summed E-state index contributed by atoms with van der Waals surface area (Å²) in [6.07, 6.45) is 13.9. The molecule has 0 spiro atoms. The van der Waals surface area contributed by atoms with Gasteiger partial charge in [-0.05, 0) is 73.9 Å². The van der Waals surface area contributed by atoms with E-state index in [-0.39, 0.29) is 24.8 Å². The third kappa shape index (κ3) is 16.4. The minimum Gasteiger partial charge on any atom is -0.426 e. The highest BCUT2D eigenvalue weighted by atomic mass is 35.5. The Bertz CT molecular complexity index is 4000. The van der Waals surface area contributed by atoms with Crippen molar-refractivity contribution in [1.29, 1.82) is 0 Å². The second-order valence-corrected chi connectivity index (χ2v) is 26.4. The average molecular weight is 1250 g/mol. The fourth-order valence-corrected chi connectivity index (χ4v) is 10.1. The summed E-state index contributed by atoms with van der Waals surface area (Å²) in [5.41, 5.74) is 10.8. The van der Waals surface area contributed by atoms with Gasteiger partial charge in [-0.2, -0.15) is 0 Å². The number of ether oxygens (including phenoxy) is 2. The van der Waals surface area contributed by atoms with E-state index in [0.717, 1.165) is 105 Å². The molecule has 6 aromatic heterocycles. The first-order chi connectivity index (χ1) is 40.7. The first-order valence-corrected chi connectivity index (χ1v) is 32.2. The first kappa shape index (κ1) is 62.9. The number of aromatic nitrogens is 6. The van der Waals surface area contributed by atoms with Gasteiger partial charge in [-0.25, -0.2) is 55.2 Å². The molecule has 0 saturated heterocycles. The van der Waals surface area contributed by atoms with Gasteiger partial charge in [0.2, 0.25) is 30.1 Å². The smallest absolute Gasteiger partial charge is 0.315 e. The van der Waals surface area contributed by atoms with Crippen molar-refractivity contribution in [3.8, 4) is 11.5 Å². The first-order valence-electron chi connectivity index (χ1n) is 26.3. The SMILES string of the molecule is Cc1cnc(Cl)cc1NCc1cccnc1N(C)S(C)(=O)=O.Cc1cnc(Nc2ccc3c(c2)OC(=O)C3)cc1NCc1cccnc1N(C)S(C)(=O)=O.Cc1cnc(Nc2ccc3c(c2)OC(=O)C3)cc1NCc1cccnc1N(C)S(C)(=O)=O. The van der Waals surface area contributed by atoms with Crippen LogP contribution < -0.4 is 49.0 Å². The molecule has 28 heteroatoms. The zero-order valence-electron chi connectivity index (χ0n) is 48.4. The number of nitrogens with one attached hydrogen (secondary N) is 5. The van der Waals surface area contributed by atoms with Gasteiger partial charge in [-0.3, -0.25) is 22.5 Å². The number of hydrogen-bond acceptors (Lipinski definition) is 21. The van der Waals surface area contributed by atoms with Crippen molar-refractivity contribution in [2.75, 3.05) is 79.4 Å². The quantitative estimate of drug-likeness (QED) is 0.0288. The lowest BCUT2D eigenvalue weighted by atomic mass is 10.1. The van der Waals surface area contributed by atoms with Crippen LogP contribution in [0.25, 0.3) is 0 Å². The third-order valence-electron chi connectivity index (χ3n) is 13.5. The number of halogens is 1. The molecule has 2 aliphatic rings. The summed E-state index contributed by atoms with van der Waals surface area (Å²) in [6, 6.07) is 27.3. The topological polar surface area (TPSA) is 302 Å². The Morgan fingerprint density at radius 2 is 0.814 bits per heavy atom. The highest BCUT2D eigenvalue weighted by Crippen LogP contribution is 2.33. The number of carbonyl (C=O) groups is 2. The summed E-state index contributed by atoms with van der Waals surface area (Å²) in [6.45, 7) is 6.95. The van der Waals surface area contributed by atoms with Gasteiger partial charge in [0.1, 0.15) is 45.7 Å². The number of carbonyl (C=O) groups excluding carboxylic acids is 2. The van der Waals surface area contributed by atoms with Crippen molar-refractivity contribution < 1.29 is 44.3 Å². The molecule has 8 aromatic rings. The Hall–Kier alpha value is -9.18. The number of pyridine rings is 6. The molecular weight excluding hydrogens is 1180 g/mol. The summed E-state index contributed by atoms with van der Waals surface area (Å²) in [5, 5.41) is 16.7. The normalized spacial score (nSPS) is 12.4. The maximum absolute atomic E-state index is 11.9. The summed E-state index contributed by atoms with van der Waals surface area (Å²) < 4.78 is 85.1. The van der Waals surface area contributed by atoms with Crippen LogP contribution in [0.15, 0.2) is 128 Å². The summed E-state index contributed by atoms with van der Waals surface area (Å²) >= 11 is 5.89. The summed E-state index contributed by atoms with van der Waals surface area (Å²) in [5.74, 6) is 2.98. The molecule has 24 nitrogen and oxygen atoms in total. The lowest BCUT2D eigenvalue weighted by molar-refractivity contribution is -0.132. The second kappa shape index (κ2) is 26.8. The van der Waals surface area contributed by atoms with Crippen LogP contribution in [0.1, 0.15) is 44.5 Å². The van der Waals surface area contributed by atoms with Crippen LogP contribution in [-0.4, -0.2) is 107 Å². The molecule has 86 heavy (non-hydrogen) atoms. The zero-order valence-corrected chi connectivity index (χ0v) is 51.6. The monoisotopic (exact) mass is 1250 g/mol. The van der Waals surface area contributed by atoms with Crippen LogP contribution >= 0.6 is 11.6 Å². The van der Waals surface area contributed by atoms with Crippen molar-refractivity contribution in [3.05, 3.63) is 178 Å². The van der Waals surface area contributed by atoms with Gasteiger partial charge in [0.25, 0.3) is 0 Å². The van der Waals surface area contributed by atoms with Gasteiger partial charge in [0, 0.05) is 158 Å². The molecule has 10 rings (SSSR count). The van der Waals surface area contributed by atoms with E-state index in [1.165, 1.54) is 21.1 Å². The van der Waals surface area contributed by atoms with Crippen molar-refractivity contribution in [2.24, 2.45) is 0 Å². The van der Waals surface area contributed by atoms with Crippen LogP contribution in [0.3, 0.4) is 0 Å². The van der Waals surface area contributed by atoms with E-state index in [4.69, 9.17) is 21.1 Å². The van der Waals surface area contributed by atoms with Crippen molar-refractivity contribution in [2.45, 2.75) is 53.2 Å². The standard InChI is InChI=1S/2C22H23N5O4S.C14H17ClN4O2S/c2*1-14-12-25-20(26-17-7-6-15-9-21(28)31-19(15)10-17)11-18(14)24-13-16-5-4-8-23-22(16)27(2)32(3,29)30;1-10-8-18-13(15)7-12(10)17-9-11-5-4-6-16-14(11)19(2)22(3,20)21/h2*4-8,10-12H,9,13H2,1-3H3,(H2,24,25,26);4-8H,9H2,1-3H3,(H,17,18). The molecule has 450 valence electrons. The van der Waals surface area contributed by atoms with Gasteiger partial charge in [-0.1, -0.05) is 41.9 Å².